The molecule has 1 aromatic rings. The number of hydrogen-bond acceptors (Lipinski definition) is 3. The summed E-state index contributed by atoms with van der Waals surface area (Å²) in [5.74, 6) is 0. The molecule has 0 fully saturated rings. The van der Waals surface area contributed by atoms with Crippen molar-refractivity contribution in [1.29, 1.82) is 0 Å². The van der Waals surface area contributed by atoms with Gasteiger partial charge >= 0.3 is 17.1 Å². The molecule has 1 heterocycles. The molecule has 1 rings (SSSR count). The zero-order valence-electron chi connectivity index (χ0n) is 12.4. The minimum absolute atomic E-state index is 0.496. The van der Waals surface area contributed by atoms with Crippen molar-refractivity contribution >= 4 is 8.07 Å². The minimum atomic E-state index is -1.65. The van der Waals surface area contributed by atoms with Crippen molar-refractivity contribution in [1.82, 2.24) is 13.7 Å². The smallest absolute Gasteiger partial charge is 0.248 e. The van der Waals surface area contributed by atoms with Gasteiger partial charge in [0.05, 0.1) is 8.07 Å². The maximum atomic E-state index is 12.1. The predicted molar refractivity (Wildman–Crippen MR) is 78.4 cm³/mol. The molecule has 19 heavy (non-hydrogen) atoms. The van der Waals surface area contributed by atoms with E-state index in [4.69, 9.17) is 0 Å². The third kappa shape index (κ3) is 2.65. The summed E-state index contributed by atoms with van der Waals surface area (Å²) in [7, 11) is 1.17. The second kappa shape index (κ2) is 5.73. The number of rotatable bonds is 5. The molecule has 0 N–H and O–H groups in total. The van der Waals surface area contributed by atoms with Gasteiger partial charge in [-0.3, -0.25) is 0 Å². The van der Waals surface area contributed by atoms with E-state index >= 15 is 0 Å². The summed E-state index contributed by atoms with van der Waals surface area (Å²) in [5.41, 5.74) is -1.57. The SMILES string of the molecule is CC[Si](CC)(CC)Cn1c(=O)n(C)c(=O)n(C)c1=O. The van der Waals surface area contributed by atoms with E-state index in [1.807, 2.05) is 0 Å². The highest BCUT2D eigenvalue weighted by Crippen LogP contribution is 2.20. The summed E-state index contributed by atoms with van der Waals surface area (Å²) in [6, 6.07) is 3.08. The van der Waals surface area contributed by atoms with Gasteiger partial charge in [-0.1, -0.05) is 38.9 Å². The van der Waals surface area contributed by atoms with Crippen molar-refractivity contribution in [3.05, 3.63) is 31.5 Å². The fraction of sp³-hybridized carbons (Fsp3) is 0.750. The van der Waals surface area contributed by atoms with Crippen molar-refractivity contribution in [3.8, 4) is 0 Å². The Labute approximate surface area is 113 Å². The molecule has 0 amide bonds. The van der Waals surface area contributed by atoms with Gasteiger partial charge in [-0.15, -0.1) is 0 Å². The second-order valence-corrected chi connectivity index (χ2v) is 10.6. The normalized spacial score (nSPS) is 11.8. The number of hydrogen-bond donors (Lipinski definition) is 0. The lowest BCUT2D eigenvalue weighted by Gasteiger charge is -2.28. The van der Waals surface area contributed by atoms with Crippen LogP contribution in [0.5, 0.6) is 0 Å². The molecule has 1 aromatic heterocycles. The van der Waals surface area contributed by atoms with Gasteiger partial charge in [0, 0.05) is 20.3 Å². The Bertz CT molecular complexity index is 574. The molecular weight excluding hydrogens is 262 g/mol. The van der Waals surface area contributed by atoms with Gasteiger partial charge in [0.1, 0.15) is 0 Å². The lowest BCUT2D eigenvalue weighted by atomic mass is 10.8. The lowest BCUT2D eigenvalue weighted by molar-refractivity contribution is 0.537. The lowest BCUT2D eigenvalue weighted by Crippen LogP contribution is -2.56. The fourth-order valence-corrected chi connectivity index (χ4v) is 5.50. The molecule has 0 bridgehead atoms. The van der Waals surface area contributed by atoms with Crippen LogP contribution < -0.4 is 17.1 Å². The van der Waals surface area contributed by atoms with Crippen LogP contribution in [-0.4, -0.2) is 21.8 Å². The van der Waals surface area contributed by atoms with Crippen LogP contribution in [0.15, 0.2) is 14.4 Å². The van der Waals surface area contributed by atoms with Crippen LogP contribution in [0, 0.1) is 0 Å². The highest BCUT2D eigenvalue weighted by molar-refractivity contribution is 6.78. The van der Waals surface area contributed by atoms with E-state index in [-0.39, 0.29) is 0 Å². The number of aromatic nitrogens is 3. The third-order valence-electron chi connectivity index (χ3n) is 4.35. The highest BCUT2D eigenvalue weighted by Gasteiger charge is 2.29. The van der Waals surface area contributed by atoms with Gasteiger partial charge in [0.15, 0.2) is 0 Å². The molecule has 0 aliphatic rings. The first kappa shape index (κ1) is 15.7. The summed E-state index contributed by atoms with van der Waals surface area (Å²) in [4.78, 5) is 35.9. The molecular formula is C12H23N3O3Si. The van der Waals surface area contributed by atoms with E-state index in [2.05, 4.69) is 20.8 Å². The zero-order valence-corrected chi connectivity index (χ0v) is 13.4. The van der Waals surface area contributed by atoms with Gasteiger partial charge < -0.3 is 0 Å². The van der Waals surface area contributed by atoms with E-state index in [1.54, 1.807) is 0 Å². The molecule has 0 atom stereocenters. The Morgan fingerprint density at radius 2 is 1.16 bits per heavy atom. The standard InChI is InChI=1S/C12H23N3O3Si/c1-6-19(7-2,8-3)9-15-11(17)13(4)10(16)14(5)12(15)18/h6-9H2,1-5H3. The first-order valence-corrected chi connectivity index (χ1v) is 9.53. The molecule has 0 spiro atoms. The third-order valence-corrected chi connectivity index (χ3v) is 9.84. The van der Waals surface area contributed by atoms with Crippen molar-refractivity contribution < 1.29 is 0 Å². The van der Waals surface area contributed by atoms with Crippen LogP contribution in [0.2, 0.25) is 18.1 Å². The molecule has 7 heteroatoms. The average molecular weight is 285 g/mol. The Morgan fingerprint density at radius 3 is 1.47 bits per heavy atom. The molecule has 0 aromatic carbocycles. The van der Waals surface area contributed by atoms with Crippen molar-refractivity contribution in [3.63, 3.8) is 0 Å². The second-order valence-electron chi connectivity index (χ2n) is 5.11. The summed E-state index contributed by atoms with van der Waals surface area (Å²) in [6.07, 6.45) is 0.496. The van der Waals surface area contributed by atoms with Gasteiger partial charge in [-0.25, -0.2) is 28.1 Å². The van der Waals surface area contributed by atoms with Gasteiger partial charge in [0.2, 0.25) is 0 Å². The van der Waals surface area contributed by atoms with Crippen LogP contribution in [-0.2, 0) is 20.3 Å². The highest BCUT2D eigenvalue weighted by atomic mass is 28.3. The molecule has 6 nitrogen and oxygen atoms in total. The van der Waals surface area contributed by atoms with E-state index in [0.29, 0.717) is 6.17 Å². The van der Waals surface area contributed by atoms with Crippen molar-refractivity contribution in [2.45, 2.75) is 45.1 Å². The summed E-state index contributed by atoms with van der Waals surface area (Å²) in [6.45, 7) is 6.37. The van der Waals surface area contributed by atoms with E-state index in [1.165, 1.54) is 18.7 Å². The first-order valence-electron chi connectivity index (χ1n) is 6.70. The van der Waals surface area contributed by atoms with Gasteiger partial charge in [0.25, 0.3) is 0 Å². The molecule has 0 unspecified atom stereocenters. The maximum absolute atomic E-state index is 12.1. The monoisotopic (exact) mass is 285 g/mol. The Morgan fingerprint density at radius 1 is 0.789 bits per heavy atom. The van der Waals surface area contributed by atoms with E-state index in [0.717, 1.165) is 27.3 Å². The van der Waals surface area contributed by atoms with Crippen LogP contribution >= 0.6 is 0 Å². The molecule has 0 saturated carbocycles. The average Bonchev–Trinajstić information content (AvgIpc) is 2.44. The van der Waals surface area contributed by atoms with E-state index < -0.39 is 25.1 Å². The quantitative estimate of drug-likeness (QED) is 0.731. The molecule has 0 aliphatic carbocycles. The van der Waals surface area contributed by atoms with Crippen LogP contribution in [0.4, 0.5) is 0 Å². The minimum Gasteiger partial charge on any atom is -0.248 e. The first-order chi connectivity index (χ1) is 8.83. The topological polar surface area (TPSA) is 66.0 Å². The maximum Gasteiger partial charge on any atom is 0.335 e. The molecule has 108 valence electrons. The molecule has 0 saturated heterocycles. The van der Waals surface area contributed by atoms with Crippen LogP contribution in [0.25, 0.3) is 0 Å². The van der Waals surface area contributed by atoms with E-state index in [9.17, 15) is 14.4 Å². The Balaban J connectivity index is 3.50. The summed E-state index contributed by atoms with van der Waals surface area (Å²) < 4.78 is 3.24. The fourth-order valence-electron chi connectivity index (χ4n) is 2.39. The van der Waals surface area contributed by atoms with Crippen LogP contribution in [0.1, 0.15) is 20.8 Å². The van der Waals surface area contributed by atoms with Crippen molar-refractivity contribution in [2.24, 2.45) is 14.1 Å². The van der Waals surface area contributed by atoms with Gasteiger partial charge in [-0.05, 0) is 0 Å². The largest absolute Gasteiger partial charge is 0.335 e. The zero-order chi connectivity index (χ0) is 14.8. The van der Waals surface area contributed by atoms with Gasteiger partial charge in [-0.2, -0.15) is 0 Å². The van der Waals surface area contributed by atoms with Crippen molar-refractivity contribution in [2.75, 3.05) is 0 Å². The van der Waals surface area contributed by atoms with Crippen LogP contribution in [0.3, 0.4) is 0 Å². The summed E-state index contributed by atoms with van der Waals surface area (Å²) >= 11 is 0. The predicted octanol–water partition coefficient (Wildman–Crippen LogP) is 0.293. The molecule has 0 aliphatic heterocycles. The molecule has 0 radical (unpaired) electrons. The summed E-state index contributed by atoms with van der Waals surface area (Å²) in [5, 5.41) is 0. The number of nitrogens with zero attached hydrogens (tertiary/aromatic N) is 3. The Hall–Kier alpha value is -1.37. The Kier molecular flexibility index (Phi) is 4.73.